The van der Waals surface area contributed by atoms with E-state index in [0.29, 0.717) is 11.1 Å². The first-order valence-electron chi connectivity index (χ1n) is 11.9. The van der Waals surface area contributed by atoms with Gasteiger partial charge in [-0.25, -0.2) is 8.78 Å². The Bertz CT molecular complexity index is 1340. The number of benzene rings is 3. The van der Waals surface area contributed by atoms with Gasteiger partial charge in [0.05, 0.1) is 28.6 Å². The second-order valence-electron chi connectivity index (χ2n) is 8.79. The van der Waals surface area contributed by atoms with Crippen LogP contribution in [0.3, 0.4) is 0 Å². The summed E-state index contributed by atoms with van der Waals surface area (Å²) in [5, 5.41) is 3.27. The predicted octanol–water partition coefficient (Wildman–Crippen LogP) is 5.72. The molecule has 4 rings (SSSR count). The lowest BCUT2D eigenvalue weighted by molar-refractivity contribution is -0.148. The lowest BCUT2D eigenvalue weighted by atomic mass is 9.93. The topological polar surface area (TPSA) is 75.7 Å². The van der Waals surface area contributed by atoms with Gasteiger partial charge >= 0.3 is 5.97 Å². The second kappa shape index (κ2) is 11.9. The molecule has 1 saturated heterocycles. The molecule has 3 atom stereocenters. The molecule has 0 radical (unpaired) electrons. The quantitative estimate of drug-likeness (QED) is 0.375. The number of hydrogen-bond donors (Lipinski definition) is 1. The van der Waals surface area contributed by atoms with Crippen LogP contribution in [0.5, 0.6) is 0 Å². The van der Waals surface area contributed by atoms with Gasteiger partial charge in [0.2, 0.25) is 5.91 Å². The third-order valence-corrected chi connectivity index (χ3v) is 7.12. The minimum atomic E-state index is -1.07. The van der Waals surface area contributed by atoms with E-state index >= 15 is 0 Å². The molecule has 1 fully saturated rings. The largest absolute Gasteiger partial charge is 0.466 e. The SMILES string of the molecule is CCOC(=O)C1CC(C(=O)NCc2ccc(F)cc2)N(C(=O)c2ccc(F)cc2)C1c1ccc(Cl)c(Cl)c1. The zero-order chi connectivity index (χ0) is 27.4. The molecule has 6 nitrogen and oxygen atoms in total. The van der Waals surface area contributed by atoms with E-state index in [9.17, 15) is 23.2 Å². The number of esters is 1. The summed E-state index contributed by atoms with van der Waals surface area (Å²) >= 11 is 12.4. The van der Waals surface area contributed by atoms with Crippen molar-refractivity contribution in [1.82, 2.24) is 10.2 Å². The summed E-state index contributed by atoms with van der Waals surface area (Å²) in [5.74, 6) is -3.49. The molecule has 1 heterocycles. The fourth-order valence-electron chi connectivity index (χ4n) is 4.59. The highest BCUT2D eigenvalue weighted by Gasteiger charge is 2.51. The number of amides is 2. The maximum Gasteiger partial charge on any atom is 0.311 e. The molecule has 1 aliphatic heterocycles. The van der Waals surface area contributed by atoms with E-state index in [1.54, 1.807) is 25.1 Å². The van der Waals surface area contributed by atoms with Crippen LogP contribution in [0.25, 0.3) is 0 Å². The zero-order valence-corrected chi connectivity index (χ0v) is 21.8. The van der Waals surface area contributed by atoms with Crippen molar-refractivity contribution in [2.45, 2.75) is 32.0 Å². The van der Waals surface area contributed by atoms with E-state index in [2.05, 4.69) is 5.32 Å². The van der Waals surface area contributed by atoms with Gasteiger partial charge in [-0.3, -0.25) is 14.4 Å². The number of nitrogens with zero attached hydrogens (tertiary/aromatic N) is 1. The van der Waals surface area contributed by atoms with Gasteiger partial charge in [-0.2, -0.15) is 0 Å². The molecule has 1 N–H and O–H groups in total. The lowest BCUT2D eigenvalue weighted by Gasteiger charge is -2.31. The average molecular weight is 561 g/mol. The molecule has 198 valence electrons. The number of rotatable bonds is 7. The van der Waals surface area contributed by atoms with Gasteiger partial charge in [0, 0.05) is 12.1 Å². The van der Waals surface area contributed by atoms with Gasteiger partial charge in [0.15, 0.2) is 0 Å². The zero-order valence-electron chi connectivity index (χ0n) is 20.3. The molecular weight excluding hydrogens is 537 g/mol. The van der Waals surface area contributed by atoms with Gasteiger partial charge in [0.1, 0.15) is 17.7 Å². The van der Waals surface area contributed by atoms with Crippen LogP contribution in [-0.2, 0) is 20.9 Å². The number of carbonyl (C=O) groups excluding carboxylic acids is 3. The third kappa shape index (κ3) is 5.97. The van der Waals surface area contributed by atoms with Crippen molar-refractivity contribution in [3.63, 3.8) is 0 Å². The summed E-state index contributed by atoms with van der Waals surface area (Å²) in [6.07, 6.45) is -0.0219. The molecule has 3 aromatic rings. The van der Waals surface area contributed by atoms with Crippen molar-refractivity contribution in [3.05, 3.63) is 105 Å². The van der Waals surface area contributed by atoms with Crippen LogP contribution in [0.4, 0.5) is 8.78 Å². The molecule has 0 bridgehead atoms. The fraction of sp³-hybridized carbons (Fsp3) is 0.250. The Hall–Kier alpha value is -3.49. The molecule has 3 unspecified atom stereocenters. The van der Waals surface area contributed by atoms with E-state index in [4.69, 9.17) is 27.9 Å². The number of ether oxygens (including phenoxy) is 1. The standard InChI is InChI=1S/C28H24Cl2F2N2O4/c1-2-38-28(37)21-14-24(26(35)33-15-16-3-8-19(31)9-4-16)34(27(36)17-5-10-20(32)11-6-17)25(21)18-7-12-22(29)23(30)13-18/h3-13,21,24-25H,2,14-15H2,1H3,(H,33,35). The Morgan fingerprint density at radius 1 is 0.947 bits per heavy atom. The minimum absolute atomic E-state index is 0.0219. The predicted molar refractivity (Wildman–Crippen MR) is 139 cm³/mol. The Balaban J connectivity index is 1.74. The van der Waals surface area contributed by atoms with Crippen molar-refractivity contribution in [2.24, 2.45) is 5.92 Å². The number of hydrogen-bond acceptors (Lipinski definition) is 4. The van der Waals surface area contributed by atoms with Crippen LogP contribution in [-0.4, -0.2) is 35.3 Å². The first kappa shape index (κ1) is 27.5. The highest BCUT2D eigenvalue weighted by atomic mass is 35.5. The van der Waals surface area contributed by atoms with Gasteiger partial charge in [-0.05, 0) is 73.0 Å². The lowest BCUT2D eigenvalue weighted by Crippen LogP contribution is -2.46. The number of carbonyl (C=O) groups is 3. The summed E-state index contributed by atoms with van der Waals surface area (Å²) in [5.41, 5.74) is 1.27. The molecule has 38 heavy (non-hydrogen) atoms. The molecular formula is C28H24Cl2F2N2O4. The Kier molecular flexibility index (Phi) is 8.64. The molecule has 0 aliphatic carbocycles. The Labute approximate surface area is 228 Å². The second-order valence-corrected chi connectivity index (χ2v) is 9.61. The van der Waals surface area contributed by atoms with Gasteiger partial charge < -0.3 is 15.0 Å². The van der Waals surface area contributed by atoms with E-state index in [-0.39, 0.29) is 35.2 Å². The first-order chi connectivity index (χ1) is 18.2. The van der Waals surface area contributed by atoms with E-state index < -0.39 is 47.4 Å². The first-order valence-corrected chi connectivity index (χ1v) is 12.7. The summed E-state index contributed by atoms with van der Waals surface area (Å²) in [7, 11) is 0. The summed E-state index contributed by atoms with van der Waals surface area (Å²) in [6, 6.07) is 13.3. The van der Waals surface area contributed by atoms with Crippen molar-refractivity contribution >= 4 is 41.0 Å². The number of likely N-dealkylation sites (tertiary alicyclic amines) is 1. The smallest absolute Gasteiger partial charge is 0.311 e. The number of nitrogens with one attached hydrogen (secondary N) is 1. The van der Waals surface area contributed by atoms with Crippen LogP contribution in [0.2, 0.25) is 10.0 Å². The van der Waals surface area contributed by atoms with E-state index in [1.807, 2.05) is 0 Å². The maximum atomic E-state index is 13.8. The van der Waals surface area contributed by atoms with Crippen LogP contribution < -0.4 is 5.32 Å². The van der Waals surface area contributed by atoms with E-state index in [0.717, 1.165) is 12.1 Å². The van der Waals surface area contributed by atoms with Crippen molar-refractivity contribution in [2.75, 3.05) is 6.61 Å². The molecule has 10 heteroatoms. The summed E-state index contributed by atoms with van der Waals surface area (Å²) in [4.78, 5) is 41.7. The molecule has 0 saturated carbocycles. The highest BCUT2D eigenvalue weighted by molar-refractivity contribution is 6.42. The van der Waals surface area contributed by atoms with Gasteiger partial charge in [0.25, 0.3) is 5.91 Å². The van der Waals surface area contributed by atoms with Gasteiger partial charge in [-0.15, -0.1) is 0 Å². The van der Waals surface area contributed by atoms with Crippen molar-refractivity contribution < 1.29 is 27.9 Å². The van der Waals surface area contributed by atoms with Crippen molar-refractivity contribution in [3.8, 4) is 0 Å². The Morgan fingerprint density at radius 3 is 2.18 bits per heavy atom. The molecule has 3 aromatic carbocycles. The van der Waals surface area contributed by atoms with E-state index in [1.165, 1.54) is 41.3 Å². The average Bonchev–Trinajstić information content (AvgIpc) is 3.31. The molecule has 0 aromatic heterocycles. The monoisotopic (exact) mass is 560 g/mol. The minimum Gasteiger partial charge on any atom is -0.466 e. The highest BCUT2D eigenvalue weighted by Crippen LogP contribution is 2.44. The molecule has 0 spiro atoms. The number of halogens is 4. The van der Waals surface area contributed by atoms with Gasteiger partial charge in [-0.1, -0.05) is 41.4 Å². The van der Waals surface area contributed by atoms with Crippen LogP contribution in [0, 0.1) is 17.6 Å². The van der Waals surface area contributed by atoms with Crippen molar-refractivity contribution in [1.29, 1.82) is 0 Å². The normalized spacial score (nSPS) is 18.8. The maximum absolute atomic E-state index is 13.8. The fourth-order valence-corrected chi connectivity index (χ4v) is 4.89. The Morgan fingerprint density at radius 2 is 1.58 bits per heavy atom. The molecule has 1 aliphatic rings. The third-order valence-electron chi connectivity index (χ3n) is 6.38. The summed E-state index contributed by atoms with van der Waals surface area (Å²) in [6.45, 7) is 1.85. The van der Waals surface area contributed by atoms with Crippen LogP contribution >= 0.6 is 23.2 Å². The molecule has 2 amide bonds. The summed E-state index contributed by atoms with van der Waals surface area (Å²) < 4.78 is 32.2. The van der Waals surface area contributed by atoms with Crippen LogP contribution in [0.1, 0.15) is 40.9 Å². The van der Waals surface area contributed by atoms with Crippen LogP contribution in [0.15, 0.2) is 66.7 Å².